The van der Waals surface area contributed by atoms with Crippen LogP contribution in [0.2, 0.25) is 0 Å². The molecule has 1 atom stereocenters. The summed E-state index contributed by atoms with van der Waals surface area (Å²) in [5, 5.41) is 5.79. The second kappa shape index (κ2) is 7.02. The van der Waals surface area contributed by atoms with Crippen molar-refractivity contribution in [1.29, 1.82) is 0 Å². The molecule has 2 heteroatoms. The van der Waals surface area contributed by atoms with Crippen LogP contribution in [-0.4, -0.2) is 6.54 Å². The molecule has 1 aromatic heterocycles. The lowest BCUT2D eigenvalue weighted by molar-refractivity contribution is 0.486. The predicted molar refractivity (Wildman–Crippen MR) is 69.6 cm³/mol. The summed E-state index contributed by atoms with van der Waals surface area (Å²) in [6.45, 7) is 7.74. The van der Waals surface area contributed by atoms with Crippen molar-refractivity contribution < 1.29 is 0 Å². The molecule has 0 aromatic carbocycles. The van der Waals surface area contributed by atoms with Crippen LogP contribution in [-0.2, 0) is 0 Å². The molecular formula is C13H23NS. The monoisotopic (exact) mass is 225 g/mol. The molecule has 1 rings (SSSR count). The summed E-state index contributed by atoms with van der Waals surface area (Å²) in [5.41, 5.74) is 1.51. The molecule has 1 heterocycles. The molecule has 1 nitrogen and oxygen atoms in total. The van der Waals surface area contributed by atoms with E-state index >= 15 is 0 Å². The van der Waals surface area contributed by atoms with Crippen LogP contribution >= 0.6 is 11.3 Å². The maximum absolute atomic E-state index is 3.59. The summed E-state index contributed by atoms with van der Waals surface area (Å²) in [6, 6.07) is 2.85. The number of rotatable bonds is 7. The first-order valence-electron chi connectivity index (χ1n) is 6.07. The van der Waals surface area contributed by atoms with Gasteiger partial charge in [0.25, 0.3) is 0 Å². The third-order valence-electron chi connectivity index (χ3n) is 2.82. The zero-order valence-electron chi connectivity index (χ0n) is 10.2. The number of aryl methyl sites for hydroxylation is 1. The number of thiophene rings is 1. The Morgan fingerprint density at radius 2 is 2.13 bits per heavy atom. The molecule has 0 amide bonds. The largest absolute Gasteiger partial charge is 0.310 e. The number of hydrogen-bond acceptors (Lipinski definition) is 2. The molecule has 0 aliphatic rings. The molecule has 0 spiro atoms. The molecule has 1 aromatic rings. The molecule has 1 N–H and O–H groups in total. The van der Waals surface area contributed by atoms with Crippen LogP contribution in [0.15, 0.2) is 11.4 Å². The third kappa shape index (κ3) is 3.96. The van der Waals surface area contributed by atoms with Gasteiger partial charge in [0.15, 0.2) is 0 Å². The highest BCUT2D eigenvalue weighted by Crippen LogP contribution is 2.26. The van der Waals surface area contributed by atoms with Gasteiger partial charge in [-0.3, -0.25) is 0 Å². The van der Waals surface area contributed by atoms with Gasteiger partial charge in [0.1, 0.15) is 0 Å². The molecule has 0 saturated carbocycles. The van der Waals surface area contributed by atoms with Gasteiger partial charge >= 0.3 is 0 Å². The lowest BCUT2D eigenvalue weighted by Crippen LogP contribution is -2.20. The standard InChI is InChI=1S/C13H23NS/c1-4-6-7-8-13(14-5-2)12-9-10-15-11(12)3/h9-10,13-14H,4-8H2,1-3H3. The molecule has 0 aliphatic carbocycles. The molecule has 0 aliphatic heterocycles. The van der Waals surface area contributed by atoms with E-state index in [4.69, 9.17) is 0 Å². The Bertz CT molecular complexity index is 267. The first-order chi connectivity index (χ1) is 7.29. The van der Waals surface area contributed by atoms with Gasteiger partial charge < -0.3 is 5.32 Å². The quantitative estimate of drug-likeness (QED) is 0.683. The lowest BCUT2D eigenvalue weighted by Gasteiger charge is -2.17. The Kier molecular flexibility index (Phi) is 5.96. The molecule has 0 saturated heterocycles. The Hall–Kier alpha value is -0.340. The molecule has 15 heavy (non-hydrogen) atoms. The fourth-order valence-electron chi connectivity index (χ4n) is 1.97. The van der Waals surface area contributed by atoms with Gasteiger partial charge in [-0.25, -0.2) is 0 Å². The number of unbranched alkanes of at least 4 members (excludes halogenated alkanes) is 2. The van der Waals surface area contributed by atoms with E-state index in [2.05, 4.69) is 37.5 Å². The van der Waals surface area contributed by atoms with E-state index in [1.807, 2.05) is 11.3 Å². The van der Waals surface area contributed by atoms with Gasteiger partial charge in [-0.05, 0) is 36.9 Å². The van der Waals surface area contributed by atoms with E-state index in [1.54, 1.807) is 0 Å². The van der Waals surface area contributed by atoms with Crippen LogP contribution in [0.4, 0.5) is 0 Å². The fourth-order valence-corrected chi connectivity index (χ4v) is 2.73. The van der Waals surface area contributed by atoms with E-state index in [0.717, 1.165) is 6.54 Å². The van der Waals surface area contributed by atoms with Crippen LogP contribution in [0.1, 0.15) is 56.0 Å². The zero-order valence-corrected chi connectivity index (χ0v) is 11.0. The van der Waals surface area contributed by atoms with Crippen molar-refractivity contribution >= 4 is 11.3 Å². The molecular weight excluding hydrogens is 202 g/mol. The van der Waals surface area contributed by atoms with Crippen LogP contribution in [0.5, 0.6) is 0 Å². The van der Waals surface area contributed by atoms with E-state index < -0.39 is 0 Å². The summed E-state index contributed by atoms with van der Waals surface area (Å²) >= 11 is 1.86. The minimum atomic E-state index is 0.577. The van der Waals surface area contributed by atoms with Gasteiger partial charge in [0, 0.05) is 10.9 Å². The minimum absolute atomic E-state index is 0.577. The Morgan fingerprint density at radius 1 is 1.33 bits per heavy atom. The van der Waals surface area contributed by atoms with E-state index in [9.17, 15) is 0 Å². The van der Waals surface area contributed by atoms with Crippen molar-refractivity contribution in [1.82, 2.24) is 5.32 Å². The maximum atomic E-state index is 3.59. The summed E-state index contributed by atoms with van der Waals surface area (Å²) < 4.78 is 0. The zero-order chi connectivity index (χ0) is 11.1. The second-order valence-corrected chi connectivity index (χ2v) is 5.16. The normalized spacial score (nSPS) is 13.0. The highest BCUT2D eigenvalue weighted by molar-refractivity contribution is 7.10. The van der Waals surface area contributed by atoms with Crippen molar-refractivity contribution in [2.24, 2.45) is 0 Å². The van der Waals surface area contributed by atoms with Gasteiger partial charge in [-0.2, -0.15) is 0 Å². The van der Waals surface area contributed by atoms with Gasteiger partial charge in [0.05, 0.1) is 0 Å². The average molecular weight is 225 g/mol. The predicted octanol–water partition coefficient (Wildman–Crippen LogP) is 4.29. The SMILES string of the molecule is CCCCCC(NCC)c1ccsc1C. The third-order valence-corrected chi connectivity index (χ3v) is 3.68. The lowest BCUT2D eigenvalue weighted by atomic mass is 10.0. The highest BCUT2D eigenvalue weighted by atomic mass is 32.1. The van der Waals surface area contributed by atoms with Crippen molar-refractivity contribution in [2.75, 3.05) is 6.54 Å². The number of nitrogens with one attached hydrogen (secondary N) is 1. The van der Waals surface area contributed by atoms with Gasteiger partial charge in [-0.15, -0.1) is 11.3 Å². The molecule has 1 unspecified atom stereocenters. The first-order valence-corrected chi connectivity index (χ1v) is 6.94. The fraction of sp³-hybridized carbons (Fsp3) is 0.692. The Labute approximate surface area is 97.9 Å². The van der Waals surface area contributed by atoms with Crippen LogP contribution in [0.3, 0.4) is 0 Å². The topological polar surface area (TPSA) is 12.0 Å². The first kappa shape index (κ1) is 12.7. The van der Waals surface area contributed by atoms with Crippen LogP contribution in [0, 0.1) is 6.92 Å². The minimum Gasteiger partial charge on any atom is -0.310 e. The van der Waals surface area contributed by atoms with Crippen molar-refractivity contribution in [2.45, 2.75) is 52.5 Å². The second-order valence-electron chi connectivity index (χ2n) is 4.04. The summed E-state index contributed by atoms with van der Waals surface area (Å²) in [4.78, 5) is 1.47. The summed E-state index contributed by atoms with van der Waals surface area (Å²) in [5.74, 6) is 0. The van der Waals surface area contributed by atoms with Crippen molar-refractivity contribution in [3.8, 4) is 0 Å². The molecule has 86 valence electrons. The Balaban J connectivity index is 2.53. The highest BCUT2D eigenvalue weighted by Gasteiger charge is 2.12. The Morgan fingerprint density at radius 3 is 2.67 bits per heavy atom. The van der Waals surface area contributed by atoms with Crippen molar-refractivity contribution in [3.63, 3.8) is 0 Å². The van der Waals surface area contributed by atoms with E-state index in [1.165, 1.54) is 36.1 Å². The van der Waals surface area contributed by atoms with Crippen molar-refractivity contribution in [3.05, 3.63) is 21.9 Å². The van der Waals surface area contributed by atoms with Gasteiger partial charge in [-0.1, -0.05) is 33.1 Å². The summed E-state index contributed by atoms with van der Waals surface area (Å²) in [6.07, 6.45) is 5.27. The molecule has 0 bridgehead atoms. The van der Waals surface area contributed by atoms with E-state index in [0.29, 0.717) is 6.04 Å². The average Bonchev–Trinajstić information content (AvgIpc) is 2.64. The van der Waals surface area contributed by atoms with Gasteiger partial charge in [0.2, 0.25) is 0 Å². The smallest absolute Gasteiger partial charge is 0.0331 e. The number of hydrogen-bond donors (Lipinski definition) is 1. The van der Waals surface area contributed by atoms with E-state index in [-0.39, 0.29) is 0 Å². The summed E-state index contributed by atoms with van der Waals surface area (Å²) in [7, 11) is 0. The molecule has 0 fully saturated rings. The van der Waals surface area contributed by atoms with Crippen LogP contribution < -0.4 is 5.32 Å². The molecule has 0 radical (unpaired) electrons. The maximum Gasteiger partial charge on any atom is 0.0331 e. The van der Waals surface area contributed by atoms with Crippen LogP contribution in [0.25, 0.3) is 0 Å².